The molecular formula is C20H25N3O2. The summed E-state index contributed by atoms with van der Waals surface area (Å²) in [4.78, 5) is 26.6. The second-order valence-electron chi connectivity index (χ2n) is 6.73. The zero-order chi connectivity index (χ0) is 17.6. The Kier molecular flexibility index (Phi) is 5.64. The topological polar surface area (TPSA) is 55.2 Å². The highest BCUT2D eigenvalue weighted by atomic mass is 16.2. The minimum Gasteiger partial charge on any atom is -0.341 e. The van der Waals surface area contributed by atoms with Gasteiger partial charge in [-0.1, -0.05) is 56.0 Å². The summed E-state index contributed by atoms with van der Waals surface area (Å²) >= 11 is 0. The summed E-state index contributed by atoms with van der Waals surface area (Å²) in [5.74, 6) is -0.0493. The summed E-state index contributed by atoms with van der Waals surface area (Å²) in [6.45, 7) is -0.00743. The predicted molar refractivity (Wildman–Crippen MR) is 98.2 cm³/mol. The zero-order valence-corrected chi connectivity index (χ0v) is 14.7. The molecule has 1 aliphatic rings. The van der Waals surface area contributed by atoms with E-state index in [1.165, 1.54) is 36.4 Å². The van der Waals surface area contributed by atoms with Gasteiger partial charge in [-0.2, -0.15) is 5.10 Å². The molecular weight excluding hydrogens is 314 g/mol. The highest BCUT2D eigenvalue weighted by Crippen LogP contribution is 2.21. The Morgan fingerprint density at radius 1 is 1.08 bits per heavy atom. The molecule has 1 aromatic carbocycles. The molecule has 0 atom stereocenters. The molecule has 5 heteroatoms. The van der Waals surface area contributed by atoms with Crippen LogP contribution in [0.3, 0.4) is 0 Å². The second-order valence-corrected chi connectivity index (χ2v) is 6.73. The van der Waals surface area contributed by atoms with E-state index in [4.69, 9.17) is 0 Å². The van der Waals surface area contributed by atoms with Crippen LogP contribution in [0.25, 0.3) is 11.3 Å². The van der Waals surface area contributed by atoms with Crippen molar-refractivity contribution in [2.75, 3.05) is 7.05 Å². The molecule has 0 N–H and O–H groups in total. The molecule has 1 aliphatic carbocycles. The van der Waals surface area contributed by atoms with Gasteiger partial charge in [0.05, 0.1) is 5.69 Å². The Labute approximate surface area is 148 Å². The van der Waals surface area contributed by atoms with Gasteiger partial charge >= 0.3 is 0 Å². The molecule has 132 valence electrons. The van der Waals surface area contributed by atoms with Crippen LogP contribution < -0.4 is 5.56 Å². The first-order valence-corrected chi connectivity index (χ1v) is 9.04. The number of amides is 1. The lowest BCUT2D eigenvalue weighted by atomic mass is 10.1. The number of carbonyl (C=O) groups excluding carboxylic acids is 1. The lowest BCUT2D eigenvalue weighted by Gasteiger charge is -2.27. The molecule has 0 aliphatic heterocycles. The maximum absolute atomic E-state index is 12.7. The largest absolute Gasteiger partial charge is 0.341 e. The number of aromatic nitrogens is 2. The fourth-order valence-electron chi connectivity index (χ4n) is 3.41. The number of hydrogen-bond donors (Lipinski definition) is 0. The molecule has 3 rings (SSSR count). The lowest BCUT2D eigenvalue weighted by molar-refractivity contribution is -0.133. The first-order valence-electron chi connectivity index (χ1n) is 9.04. The van der Waals surface area contributed by atoms with Crippen LogP contribution in [0.15, 0.2) is 47.3 Å². The van der Waals surface area contributed by atoms with Gasteiger partial charge in [-0.15, -0.1) is 0 Å². The van der Waals surface area contributed by atoms with Crippen LogP contribution in [0.4, 0.5) is 0 Å². The summed E-state index contributed by atoms with van der Waals surface area (Å²) in [6.07, 6.45) is 6.94. The molecule has 0 saturated heterocycles. The molecule has 0 radical (unpaired) electrons. The zero-order valence-electron chi connectivity index (χ0n) is 14.7. The summed E-state index contributed by atoms with van der Waals surface area (Å²) in [6, 6.07) is 13.1. The second kappa shape index (κ2) is 8.10. The van der Waals surface area contributed by atoms with Crippen LogP contribution in [0.2, 0.25) is 0 Å². The van der Waals surface area contributed by atoms with Gasteiger partial charge in [0, 0.05) is 24.7 Å². The summed E-state index contributed by atoms with van der Waals surface area (Å²) < 4.78 is 1.28. The van der Waals surface area contributed by atoms with Gasteiger partial charge in [0.1, 0.15) is 6.54 Å². The third kappa shape index (κ3) is 4.35. The van der Waals surface area contributed by atoms with Gasteiger partial charge < -0.3 is 4.90 Å². The van der Waals surface area contributed by atoms with Crippen molar-refractivity contribution in [3.63, 3.8) is 0 Å². The monoisotopic (exact) mass is 339 g/mol. The SMILES string of the molecule is CN(C(=O)Cn1nc(-c2ccccc2)ccc1=O)C1CCCCCC1. The average Bonchev–Trinajstić information content (AvgIpc) is 2.93. The number of nitrogens with zero attached hydrogens (tertiary/aromatic N) is 3. The van der Waals surface area contributed by atoms with Crippen molar-refractivity contribution in [1.82, 2.24) is 14.7 Å². The standard InChI is InChI=1S/C20H25N3O2/c1-22(17-11-7-2-3-8-12-17)20(25)15-23-19(24)14-13-18(21-23)16-9-5-4-6-10-16/h4-6,9-10,13-14,17H,2-3,7-8,11-12,15H2,1H3. The number of hydrogen-bond acceptors (Lipinski definition) is 3. The molecule has 2 aromatic rings. The minimum absolute atomic E-state index is 0.00743. The third-order valence-corrected chi connectivity index (χ3v) is 4.99. The van der Waals surface area contributed by atoms with Crippen molar-refractivity contribution in [1.29, 1.82) is 0 Å². The van der Waals surface area contributed by atoms with Crippen molar-refractivity contribution in [3.05, 3.63) is 52.8 Å². The molecule has 1 heterocycles. The maximum Gasteiger partial charge on any atom is 0.267 e. The Balaban J connectivity index is 1.75. The van der Waals surface area contributed by atoms with Crippen molar-refractivity contribution < 1.29 is 4.79 Å². The normalized spacial score (nSPS) is 15.6. The molecule has 5 nitrogen and oxygen atoms in total. The summed E-state index contributed by atoms with van der Waals surface area (Å²) in [5, 5.41) is 4.39. The molecule has 0 bridgehead atoms. The van der Waals surface area contributed by atoms with Crippen LogP contribution in [0.5, 0.6) is 0 Å². The van der Waals surface area contributed by atoms with Gasteiger partial charge in [0.25, 0.3) is 5.56 Å². The van der Waals surface area contributed by atoms with Crippen LogP contribution in [0.1, 0.15) is 38.5 Å². The van der Waals surface area contributed by atoms with Crippen LogP contribution in [-0.4, -0.2) is 33.7 Å². The molecule has 0 unspecified atom stereocenters. The molecule has 1 saturated carbocycles. The molecule has 1 fully saturated rings. The van der Waals surface area contributed by atoms with E-state index in [2.05, 4.69) is 5.10 Å². The molecule has 0 spiro atoms. The Morgan fingerprint density at radius 2 is 1.76 bits per heavy atom. The fourth-order valence-corrected chi connectivity index (χ4v) is 3.41. The summed E-state index contributed by atoms with van der Waals surface area (Å²) in [5.41, 5.74) is 1.38. The van der Waals surface area contributed by atoms with Crippen molar-refractivity contribution in [2.24, 2.45) is 0 Å². The third-order valence-electron chi connectivity index (χ3n) is 4.99. The van der Waals surface area contributed by atoms with Gasteiger partial charge in [-0.05, 0) is 18.9 Å². The Morgan fingerprint density at radius 3 is 2.44 bits per heavy atom. The number of likely N-dealkylation sites (N-methyl/N-ethyl adjacent to an activating group) is 1. The van der Waals surface area contributed by atoms with Crippen molar-refractivity contribution in [2.45, 2.75) is 51.1 Å². The van der Waals surface area contributed by atoms with E-state index in [1.807, 2.05) is 42.3 Å². The number of benzene rings is 1. The fraction of sp³-hybridized carbons (Fsp3) is 0.450. The van der Waals surface area contributed by atoms with Gasteiger partial charge in [0.15, 0.2) is 0 Å². The van der Waals surface area contributed by atoms with E-state index >= 15 is 0 Å². The van der Waals surface area contributed by atoms with E-state index in [-0.39, 0.29) is 24.1 Å². The maximum atomic E-state index is 12.7. The van der Waals surface area contributed by atoms with Gasteiger partial charge in [-0.3, -0.25) is 9.59 Å². The molecule has 1 amide bonds. The lowest BCUT2D eigenvalue weighted by Crippen LogP contribution is -2.40. The predicted octanol–water partition coefficient (Wildman–Crippen LogP) is 3.09. The van der Waals surface area contributed by atoms with Crippen LogP contribution >= 0.6 is 0 Å². The van der Waals surface area contributed by atoms with Gasteiger partial charge in [-0.25, -0.2) is 4.68 Å². The van der Waals surface area contributed by atoms with Crippen molar-refractivity contribution >= 4 is 5.91 Å². The van der Waals surface area contributed by atoms with Crippen molar-refractivity contribution in [3.8, 4) is 11.3 Å². The van der Waals surface area contributed by atoms with Gasteiger partial charge in [0.2, 0.25) is 5.91 Å². The average molecular weight is 339 g/mol. The Hall–Kier alpha value is -2.43. The smallest absolute Gasteiger partial charge is 0.267 e. The molecule has 25 heavy (non-hydrogen) atoms. The number of carbonyl (C=O) groups is 1. The molecule has 1 aromatic heterocycles. The highest BCUT2D eigenvalue weighted by molar-refractivity contribution is 5.76. The van der Waals surface area contributed by atoms with Crippen LogP contribution in [0, 0.1) is 0 Å². The van der Waals surface area contributed by atoms with E-state index in [0.717, 1.165) is 18.4 Å². The van der Waals surface area contributed by atoms with E-state index in [0.29, 0.717) is 5.69 Å². The van der Waals surface area contributed by atoms with Crippen LogP contribution in [-0.2, 0) is 11.3 Å². The van der Waals surface area contributed by atoms with E-state index in [1.54, 1.807) is 6.07 Å². The minimum atomic E-state index is -0.248. The highest BCUT2D eigenvalue weighted by Gasteiger charge is 2.21. The quantitative estimate of drug-likeness (QED) is 0.804. The van der Waals surface area contributed by atoms with E-state index < -0.39 is 0 Å². The first kappa shape index (κ1) is 17.4. The summed E-state index contributed by atoms with van der Waals surface area (Å²) in [7, 11) is 1.85. The first-order chi connectivity index (χ1) is 12.1. The van der Waals surface area contributed by atoms with E-state index in [9.17, 15) is 9.59 Å². The Bertz CT molecular complexity index is 762. The number of rotatable bonds is 4.